The van der Waals surface area contributed by atoms with Gasteiger partial charge in [0.2, 0.25) is 0 Å². The minimum atomic E-state index is -0.124. The number of carbonyl (C=O) groups excluding carboxylic acids is 1. The zero-order chi connectivity index (χ0) is 10.7. The highest BCUT2D eigenvalue weighted by molar-refractivity contribution is 6.32. The van der Waals surface area contributed by atoms with Gasteiger partial charge >= 0.3 is 0 Å². The van der Waals surface area contributed by atoms with Crippen molar-refractivity contribution in [2.24, 2.45) is 10.9 Å². The number of aliphatic imine (C=N–C) groups is 1. The number of aldehydes is 1. The van der Waals surface area contributed by atoms with Crippen LogP contribution in [-0.4, -0.2) is 12.5 Å². The summed E-state index contributed by atoms with van der Waals surface area (Å²) in [6, 6.07) is 7.59. The molecule has 0 aliphatic carbocycles. The molecular weight excluding hydrogens is 210 g/mol. The number of benzene rings is 1. The van der Waals surface area contributed by atoms with Gasteiger partial charge in [0, 0.05) is 17.4 Å². The van der Waals surface area contributed by atoms with E-state index in [0.717, 1.165) is 17.4 Å². The zero-order valence-corrected chi connectivity index (χ0v) is 8.82. The quantitative estimate of drug-likeness (QED) is 0.704. The molecule has 2 rings (SSSR count). The molecule has 15 heavy (non-hydrogen) atoms. The first-order chi connectivity index (χ1) is 7.31. The lowest BCUT2D eigenvalue weighted by atomic mass is 9.95. The molecule has 1 heterocycles. The monoisotopic (exact) mass is 219 g/mol. The van der Waals surface area contributed by atoms with Crippen molar-refractivity contribution in [3.8, 4) is 0 Å². The Hall–Kier alpha value is -1.41. The highest BCUT2D eigenvalue weighted by atomic mass is 35.5. The van der Waals surface area contributed by atoms with Crippen LogP contribution < -0.4 is 0 Å². The maximum atomic E-state index is 10.7. The van der Waals surface area contributed by atoms with Crippen molar-refractivity contribution in [3.05, 3.63) is 41.1 Å². The minimum Gasteiger partial charge on any atom is -0.303 e. The molecule has 0 bridgehead atoms. The van der Waals surface area contributed by atoms with Crippen LogP contribution in [0.15, 0.2) is 35.5 Å². The average molecular weight is 220 g/mol. The molecule has 76 valence electrons. The van der Waals surface area contributed by atoms with Crippen molar-refractivity contribution in [2.75, 3.05) is 0 Å². The average Bonchev–Trinajstić information content (AvgIpc) is 2.30. The molecule has 3 heteroatoms. The second kappa shape index (κ2) is 4.41. The van der Waals surface area contributed by atoms with Gasteiger partial charge in [-0.15, -0.1) is 0 Å². The number of hydrogen-bond donors (Lipinski definition) is 0. The van der Waals surface area contributed by atoms with E-state index in [9.17, 15) is 4.79 Å². The Morgan fingerprint density at radius 3 is 2.93 bits per heavy atom. The number of halogens is 1. The summed E-state index contributed by atoms with van der Waals surface area (Å²) < 4.78 is 0. The Morgan fingerprint density at radius 1 is 1.40 bits per heavy atom. The van der Waals surface area contributed by atoms with Crippen LogP contribution in [-0.2, 0) is 4.79 Å². The van der Waals surface area contributed by atoms with Crippen LogP contribution in [0.3, 0.4) is 0 Å². The maximum absolute atomic E-state index is 10.7. The van der Waals surface area contributed by atoms with Gasteiger partial charge in [-0.25, -0.2) is 0 Å². The van der Waals surface area contributed by atoms with Crippen molar-refractivity contribution < 1.29 is 4.79 Å². The maximum Gasteiger partial charge on any atom is 0.128 e. The first kappa shape index (κ1) is 10.1. The van der Waals surface area contributed by atoms with Crippen molar-refractivity contribution in [2.45, 2.75) is 6.42 Å². The van der Waals surface area contributed by atoms with Gasteiger partial charge in [0.05, 0.1) is 5.92 Å². The van der Waals surface area contributed by atoms with E-state index in [1.54, 1.807) is 12.4 Å². The minimum absolute atomic E-state index is 0.124. The third kappa shape index (κ3) is 2.16. The molecule has 0 radical (unpaired) electrons. The SMILES string of the molecule is O=CC1C=NC=C(c2ccccc2Cl)C1. The standard InChI is InChI=1S/C12H10ClNO/c13-12-4-2-1-3-11(12)10-5-9(8-15)6-14-7-10/h1-4,6-9H,5H2. The third-order valence-corrected chi connectivity index (χ3v) is 2.69. The van der Waals surface area contributed by atoms with Gasteiger partial charge in [-0.1, -0.05) is 29.8 Å². The molecule has 0 saturated heterocycles. The van der Waals surface area contributed by atoms with E-state index in [2.05, 4.69) is 4.99 Å². The number of rotatable bonds is 2. The highest BCUT2D eigenvalue weighted by Gasteiger charge is 2.14. The molecule has 0 spiro atoms. The summed E-state index contributed by atoms with van der Waals surface area (Å²) in [6.45, 7) is 0. The Labute approximate surface area is 93.3 Å². The van der Waals surface area contributed by atoms with Crippen LogP contribution >= 0.6 is 11.6 Å². The van der Waals surface area contributed by atoms with Crippen LogP contribution in [0.5, 0.6) is 0 Å². The molecule has 0 saturated carbocycles. The Bertz CT molecular complexity index is 437. The molecule has 2 nitrogen and oxygen atoms in total. The fourth-order valence-corrected chi connectivity index (χ4v) is 1.84. The second-order valence-electron chi connectivity index (χ2n) is 3.44. The lowest BCUT2D eigenvalue weighted by Crippen LogP contribution is -2.07. The van der Waals surface area contributed by atoms with Crippen molar-refractivity contribution in [1.29, 1.82) is 0 Å². The van der Waals surface area contributed by atoms with E-state index in [0.29, 0.717) is 11.4 Å². The smallest absolute Gasteiger partial charge is 0.128 e. The van der Waals surface area contributed by atoms with E-state index < -0.39 is 0 Å². The van der Waals surface area contributed by atoms with Crippen LogP contribution in [0.2, 0.25) is 5.02 Å². The van der Waals surface area contributed by atoms with E-state index in [4.69, 9.17) is 11.6 Å². The summed E-state index contributed by atoms with van der Waals surface area (Å²) in [5.74, 6) is -0.124. The number of allylic oxidation sites excluding steroid dienone is 1. The molecule has 1 aromatic carbocycles. The molecule has 1 aliphatic heterocycles. The summed E-state index contributed by atoms with van der Waals surface area (Å²) in [6.07, 6.45) is 5.01. The first-order valence-corrected chi connectivity index (χ1v) is 5.11. The van der Waals surface area contributed by atoms with Gasteiger partial charge in [-0.2, -0.15) is 0 Å². The zero-order valence-electron chi connectivity index (χ0n) is 8.06. The Morgan fingerprint density at radius 2 is 2.20 bits per heavy atom. The molecule has 1 aliphatic rings. The van der Waals surface area contributed by atoms with Gasteiger partial charge in [0.1, 0.15) is 6.29 Å². The fourth-order valence-electron chi connectivity index (χ4n) is 1.59. The highest BCUT2D eigenvalue weighted by Crippen LogP contribution is 2.29. The van der Waals surface area contributed by atoms with E-state index in [1.165, 1.54) is 0 Å². The summed E-state index contributed by atoms with van der Waals surface area (Å²) in [5, 5.41) is 0.700. The third-order valence-electron chi connectivity index (χ3n) is 2.36. The lowest BCUT2D eigenvalue weighted by Gasteiger charge is -2.13. The van der Waals surface area contributed by atoms with Crippen LogP contribution in [0.1, 0.15) is 12.0 Å². The van der Waals surface area contributed by atoms with E-state index >= 15 is 0 Å². The predicted octanol–water partition coefficient (Wildman–Crippen LogP) is 2.97. The van der Waals surface area contributed by atoms with E-state index in [-0.39, 0.29) is 5.92 Å². The fraction of sp³-hybridized carbons (Fsp3) is 0.167. The summed E-state index contributed by atoms with van der Waals surface area (Å²) in [4.78, 5) is 14.7. The van der Waals surface area contributed by atoms with Crippen molar-refractivity contribution in [1.82, 2.24) is 0 Å². The molecule has 0 amide bonds. The molecule has 1 atom stereocenters. The summed E-state index contributed by atoms with van der Waals surface area (Å²) in [7, 11) is 0. The molecule has 1 unspecified atom stereocenters. The van der Waals surface area contributed by atoms with Gasteiger partial charge in [0.25, 0.3) is 0 Å². The van der Waals surface area contributed by atoms with Crippen LogP contribution in [0.4, 0.5) is 0 Å². The van der Waals surface area contributed by atoms with Gasteiger partial charge in [-0.3, -0.25) is 4.99 Å². The summed E-state index contributed by atoms with van der Waals surface area (Å²) >= 11 is 6.07. The first-order valence-electron chi connectivity index (χ1n) is 4.74. The lowest BCUT2D eigenvalue weighted by molar-refractivity contribution is -0.109. The normalized spacial score (nSPS) is 19.8. The largest absolute Gasteiger partial charge is 0.303 e. The number of carbonyl (C=O) groups is 1. The molecule has 0 N–H and O–H groups in total. The topological polar surface area (TPSA) is 29.4 Å². The van der Waals surface area contributed by atoms with Crippen molar-refractivity contribution in [3.63, 3.8) is 0 Å². The second-order valence-corrected chi connectivity index (χ2v) is 3.84. The van der Waals surface area contributed by atoms with Crippen LogP contribution in [0, 0.1) is 5.92 Å². The van der Waals surface area contributed by atoms with Gasteiger partial charge in [-0.05, 0) is 23.6 Å². The van der Waals surface area contributed by atoms with Gasteiger partial charge in [0.15, 0.2) is 0 Å². The molecule has 0 fully saturated rings. The number of hydrogen-bond acceptors (Lipinski definition) is 2. The molecule has 0 aromatic heterocycles. The van der Waals surface area contributed by atoms with Gasteiger partial charge < -0.3 is 4.79 Å². The summed E-state index contributed by atoms with van der Waals surface area (Å²) in [5.41, 5.74) is 1.98. The Kier molecular flexibility index (Phi) is 2.97. The molecule has 1 aromatic rings. The predicted molar refractivity (Wildman–Crippen MR) is 62.1 cm³/mol. The molecular formula is C12H10ClNO. The Balaban J connectivity index is 2.33. The van der Waals surface area contributed by atoms with E-state index in [1.807, 2.05) is 24.3 Å². The van der Waals surface area contributed by atoms with Crippen molar-refractivity contribution >= 4 is 29.7 Å². The number of nitrogens with zero attached hydrogens (tertiary/aromatic N) is 1. The van der Waals surface area contributed by atoms with Crippen LogP contribution in [0.25, 0.3) is 5.57 Å².